The normalized spacial score (nSPS) is 23.9. The molecule has 1 aliphatic heterocycles. The first-order chi connectivity index (χ1) is 10.3. The summed E-state index contributed by atoms with van der Waals surface area (Å²) in [5.74, 6) is -0.677. The maximum absolute atomic E-state index is 12.1. The Morgan fingerprint density at radius 2 is 1.91 bits per heavy atom. The topological polar surface area (TPSA) is 90.0 Å². The lowest BCUT2D eigenvalue weighted by Gasteiger charge is -2.34. The average Bonchev–Trinajstić information content (AvgIpc) is 2.70. The van der Waals surface area contributed by atoms with Crippen LogP contribution >= 0.6 is 0 Å². The minimum Gasteiger partial charge on any atom is -0.390 e. The van der Waals surface area contributed by atoms with E-state index in [2.05, 4.69) is 5.32 Å². The van der Waals surface area contributed by atoms with E-state index in [4.69, 9.17) is 0 Å². The van der Waals surface area contributed by atoms with Crippen LogP contribution in [0.15, 0.2) is 30.3 Å². The van der Waals surface area contributed by atoms with E-state index in [1.165, 1.54) is 0 Å². The third-order valence-corrected chi connectivity index (χ3v) is 5.25. The van der Waals surface area contributed by atoms with Gasteiger partial charge in [0.15, 0.2) is 9.84 Å². The number of carbonyl (C=O) groups excluding carboxylic acids is 1. The predicted molar refractivity (Wildman–Crippen MR) is 83.9 cm³/mol. The van der Waals surface area contributed by atoms with Crippen molar-refractivity contribution in [3.63, 3.8) is 0 Å². The Bertz CT molecular complexity index is 618. The first-order valence-corrected chi connectivity index (χ1v) is 8.78. The van der Waals surface area contributed by atoms with Crippen molar-refractivity contribution in [2.45, 2.75) is 12.1 Å². The van der Waals surface area contributed by atoms with Gasteiger partial charge in [0.1, 0.15) is 0 Å². The quantitative estimate of drug-likeness (QED) is 0.713. The van der Waals surface area contributed by atoms with E-state index in [1.54, 1.807) is 36.2 Å². The molecule has 1 aromatic carbocycles. The summed E-state index contributed by atoms with van der Waals surface area (Å²) in [5.41, 5.74) is 0.672. The Labute approximate surface area is 130 Å². The molecule has 0 aromatic heterocycles. The van der Waals surface area contributed by atoms with Crippen molar-refractivity contribution >= 4 is 21.4 Å². The minimum atomic E-state index is -3.27. The summed E-state index contributed by atoms with van der Waals surface area (Å²) < 4.78 is 23.3. The van der Waals surface area contributed by atoms with Crippen molar-refractivity contribution < 1.29 is 18.3 Å². The average molecular weight is 327 g/mol. The molecule has 2 atom stereocenters. The summed E-state index contributed by atoms with van der Waals surface area (Å²) in [7, 11) is 0.164. The summed E-state index contributed by atoms with van der Waals surface area (Å²) in [6, 6.07) is 8.40. The van der Waals surface area contributed by atoms with Gasteiger partial charge in [-0.3, -0.25) is 4.79 Å². The molecular weight excluding hydrogens is 306 g/mol. The summed E-state index contributed by atoms with van der Waals surface area (Å²) >= 11 is 0. The molecule has 1 heterocycles. The van der Waals surface area contributed by atoms with Crippen LogP contribution in [0.1, 0.15) is 0 Å². The molecule has 1 fully saturated rings. The predicted octanol–water partition coefficient (Wildman–Crippen LogP) is -0.438. The molecule has 0 bridgehead atoms. The van der Waals surface area contributed by atoms with Crippen LogP contribution in [0.3, 0.4) is 0 Å². The zero-order valence-corrected chi connectivity index (χ0v) is 13.5. The lowest BCUT2D eigenvalue weighted by Crippen LogP contribution is -2.53. The van der Waals surface area contributed by atoms with Crippen LogP contribution < -0.4 is 5.32 Å². The molecule has 0 radical (unpaired) electrons. The fourth-order valence-electron chi connectivity index (χ4n) is 2.52. The second kappa shape index (κ2) is 6.74. The van der Waals surface area contributed by atoms with Crippen LogP contribution in [0, 0.1) is 0 Å². The van der Waals surface area contributed by atoms with Crippen LogP contribution in [0.25, 0.3) is 0 Å². The molecule has 0 aliphatic carbocycles. The maximum atomic E-state index is 12.1. The first kappa shape index (κ1) is 16.9. The second-order valence-electron chi connectivity index (χ2n) is 5.57. The first-order valence-electron chi connectivity index (χ1n) is 6.96. The number of hydrogen-bond donors (Lipinski definition) is 2. The van der Waals surface area contributed by atoms with Gasteiger partial charge in [-0.15, -0.1) is 0 Å². The molecule has 7 nitrogen and oxygen atoms in total. The van der Waals surface area contributed by atoms with Gasteiger partial charge in [-0.2, -0.15) is 0 Å². The Balaban J connectivity index is 2.05. The highest BCUT2D eigenvalue weighted by atomic mass is 32.2. The fourth-order valence-corrected chi connectivity index (χ4v) is 4.31. The van der Waals surface area contributed by atoms with Gasteiger partial charge in [0.05, 0.1) is 30.2 Å². The van der Waals surface area contributed by atoms with Crippen molar-refractivity contribution in [2.75, 3.05) is 37.5 Å². The molecule has 2 N–H and O–H groups in total. The summed E-state index contributed by atoms with van der Waals surface area (Å²) in [4.78, 5) is 12.1. The van der Waals surface area contributed by atoms with E-state index >= 15 is 0 Å². The molecule has 1 aromatic rings. The second-order valence-corrected chi connectivity index (χ2v) is 7.72. The number of aliphatic hydroxyl groups is 1. The van der Waals surface area contributed by atoms with Gasteiger partial charge in [0.2, 0.25) is 5.91 Å². The van der Waals surface area contributed by atoms with Gasteiger partial charge in [0, 0.05) is 19.8 Å². The highest BCUT2D eigenvalue weighted by Crippen LogP contribution is 2.19. The number of sulfone groups is 1. The summed E-state index contributed by atoms with van der Waals surface area (Å²) in [6.45, 7) is -0.0286. The monoisotopic (exact) mass is 327 g/mol. The Kier molecular flexibility index (Phi) is 5.17. The van der Waals surface area contributed by atoms with Gasteiger partial charge in [-0.05, 0) is 12.1 Å². The fraction of sp³-hybridized carbons (Fsp3) is 0.500. The van der Waals surface area contributed by atoms with Crippen LogP contribution in [-0.2, 0) is 14.6 Å². The number of anilines is 1. The molecule has 1 aliphatic rings. The number of rotatable bonds is 5. The largest absolute Gasteiger partial charge is 0.390 e. The SMILES string of the molecule is CN(C)N(CC(=O)Nc1ccccc1)C1CS(=O)(=O)CC1O. The van der Waals surface area contributed by atoms with Crippen molar-refractivity contribution in [3.05, 3.63) is 30.3 Å². The third-order valence-electron chi connectivity index (χ3n) is 3.55. The van der Waals surface area contributed by atoms with Crippen molar-refractivity contribution in [1.29, 1.82) is 0 Å². The Morgan fingerprint density at radius 1 is 1.27 bits per heavy atom. The molecule has 8 heteroatoms. The smallest absolute Gasteiger partial charge is 0.240 e. The summed E-state index contributed by atoms with van der Waals surface area (Å²) in [5, 5.41) is 15.9. The van der Waals surface area contributed by atoms with Crippen LogP contribution in [-0.4, -0.2) is 73.7 Å². The molecule has 122 valence electrons. The van der Waals surface area contributed by atoms with Gasteiger partial charge in [0.25, 0.3) is 0 Å². The number of nitrogens with zero attached hydrogens (tertiary/aromatic N) is 2. The van der Waals surface area contributed by atoms with E-state index in [0.717, 1.165) is 0 Å². The molecule has 1 amide bonds. The Hall–Kier alpha value is -1.48. The lowest BCUT2D eigenvalue weighted by molar-refractivity contribution is -0.125. The van der Waals surface area contributed by atoms with E-state index in [9.17, 15) is 18.3 Å². The van der Waals surface area contributed by atoms with E-state index in [-0.39, 0.29) is 24.0 Å². The van der Waals surface area contributed by atoms with E-state index in [0.29, 0.717) is 5.69 Å². The molecule has 2 rings (SSSR count). The molecular formula is C14H21N3O4S. The van der Waals surface area contributed by atoms with Crippen LogP contribution in [0.4, 0.5) is 5.69 Å². The standard InChI is InChI=1S/C14H21N3O4S/c1-16(2)17(12-9-22(20,21)10-13(12)18)8-14(19)15-11-6-4-3-5-7-11/h3-7,12-13,18H,8-10H2,1-2H3,(H,15,19). The molecule has 0 saturated carbocycles. The van der Waals surface area contributed by atoms with E-state index in [1.807, 2.05) is 18.2 Å². The number of hydrazine groups is 1. The number of nitrogens with one attached hydrogen (secondary N) is 1. The van der Waals surface area contributed by atoms with Crippen molar-refractivity contribution in [2.24, 2.45) is 0 Å². The van der Waals surface area contributed by atoms with Gasteiger partial charge in [-0.1, -0.05) is 18.2 Å². The van der Waals surface area contributed by atoms with Gasteiger partial charge < -0.3 is 10.4 Å². The lowest BCUT2D eigenvalue weighted by atomic mass is 10.2. The maximum Gasteiger partial charge on any atom is 0.240 e. The van der Waals surface area contributed by atoms with Crippen LogP contribution in [0.2, 0.25) is 0 Å². The number of aliphatic hydroxyl groups excluding tert-OH is 1. The number of benzene rings is 1. The van der Waals surface area contributed by atoms with Crippen molar-refractivity contribution in [3.8, 4) is 0 Å². The zero-order chi connectivity index (χ0) is 16.3. The molecule has 2 unspecified atom stereocenters. The molecule has 1 saturated heterocycles. The highest BCUT2D eigenvalue weighted by Gasteiger charge is 2.41. The third kappa shape index (κ3) is 4.26. The zero-order valence-electron chi connectivity index (χ0n) is 12.6. The number of amides is 1. The molecule has 0 spiro atoms. The Morgan fingerprint density at radius 3 is 2.41 bits per heavy atom. The number of hydrogen-bond acceptors (Lipinski definition) is 6. The van der Waals surface area contributed by atoms with Crippen molar-refractivity contribution in [1.82, 2.24) is 10.0 Å². The minimum absolute atomic E-state index is 0.0286. The van der Waals surface area contributed by atoms with Gasteiger partial charge >= 0.3 is 0 Å². The highest BCUT2D eigenvalue weighted by molar-refractivity contribution is 7.91. The number of para-hydroxylation sites is 1. The van der Waals surface area contributed by atoms with Gasteiger partial charge in [-0.25, -0.2) is 18.4 Å². The number of carbonyl (C=O) groups is 1. The molecule has 22 heavy (non-hydrogen) atoms. The van der Waals surface area contributed by atoms with E-state index < -0.39 is 22.0 Å². The van der Waals surface area contributed by atoms with Crippen LogP contribution in [0.5, 0.6) is 0 Å². The summed E-state index contributed by atoms with van der Waals surface area (Å²) in [6.07, 6.45) is -0.989.